The monoisotopic (exact) mass is 239 g/mol. The summed E-state index contributed by atoms with van der Waals surface area (Å²) in [4.78, 5) is 13.3. The average molecular weight is 239 g/mol. The zero-order valence-electron chi connectivity index (χ0n) is 10.7. The van der Waals surface area contributed by atoms with E-state index in [1.807, 2.05) is 0 Å². The van der Waals surface area contributed by atoms with Crippen molar-refractivity contribution in [1.29, 1.82) is 0 Å². The molecule has 1 aliphatic heterocycles. The number of piperidine rings is 1. The maximum atomic E-state index is 11.0. The lowest BCUT2D eigenvalue weighted by Gasteiger charge is -2.30. The minimum Gasteiger partial charge on any atom is -0.481 e. The Balaban J connectivity index is 1.62. The van der Waals surface area contributed by atoms with E-state index in [1.54, 1.807) is 0 Å². The largest absolute Gasteiger partial charge is 0.481 e. The van der Waals surface area contributed by atoms with Crippen LogP contribution in [-0.2, 0) is 4.79 Å². The Morgan fingerprint density at radius 3 is 2.65 bits per heavy atom. The van der Waals surface area contributed by atoms with Crippen molar-refractivity contribution in [3.8, 4) is 0 Å². The zero-order valence-corrected chi connectivity index (χ0v) is 10.7. The summed E-state index contributed by atoms with van der Waals surface area (Å²) in [7, 11) is 0. The lowest BCUT2D eigenvalue weighted by molar-refractivity contribution is -0.143. The van der Waals surface area contributed by atoms with Gasteiger partial charge in [-0.05, 0) is 44.7 Å². The first-order valence-corrected chi connectivity index (χ1v) is 7.21. The Morgan fingerprint density at radius 1 is 1.18 bits per heavy atom. The van der Waals surface area contributed by atoms with Gasteiger partial charge in [0.15, 0.2) is 0 Å². The third-order valence-electron chi connectivity index (χ3n) is 4.42. The Bertz CT molecular complexity index is 249. The van der Waals surface area contributed by atoms with E-state index in [-0.39, 0.29) is 5.92 Å². The van der Waals surface area contributed by atoms with Crippen LogP contribution in [0.5, 0.6) is 0 Å². The van der Waals surface area contributed by atoms with Crippen LogP contribution in [-0.4, -0.2) is 35.6 Å². The maximum Gasteiger partial charge on any atom is 0.307 e. The van der Waals surface area contributed by atoms with Gasteiger partial charge in [0.2, 0.25) is 0 Å². The summed E-state index contributed by atoms with van der Waals surface area (Å²) < 4.78 is 0. The van der Waals surface area contributed by atoms with E-state index < -0.39 is 5.97 Å². The van der Waals surface area contributed by atoms with Gasteiger partial charge in [0.05, 0.1) is 5.92 Å². The van der Waals surface area contributed by atoms with Crippen LogP contribution in [0.15, 0.2) is 0 Å². The van der Waals surface area contributed by atoms with Gasteiger partial charge in [-0.25, -0.2) is 0 Å². The van der Waals surface area contributed by atoms with Crippen molar-refractivity contribution in [2.75, 3.05) is 19.6 Å². The number of rotatable bonds is 5. The number of carboxylic acids is 1. The van der Waals surface area contributed by atoms with E-state index in [0.29, 0.717) is 0 Å². The van der Waals surface area contributed by atoms with Gasteiger partial charge in [0.1, 0.15) is 0 Å². The van der Waals surface area contributed by atoms with E-state index in [1.165, 1.54) is 38.5 Å². The third kappa shape index (κ3) is 3.98. The Morgan fingerprint density at radius 2 is 1.94 bits per heavy atom. The number of carbonyl (C=O) groups is 1. The van der Waals surface area contributed by atoms with Crippen LogP contribution >= 0.6 is 0 Å². The second-order valence-corrected chi connectivity index (χ2v) is 5.77. The summed E-state index contributed by atoms with van der Waals surface area (Å²) in [6, 6.07) is 0. The molecule has 0 aromatic heterocycles. The molecular formula is C14H25NO2. The van der Waals surface area contributed by atoms with Gasteiger partial charge in [-0.1, -0.05) is 25.7 Å². The van der Waals surface area contributed by atoms with Crippen molar-refractivity contribution < 1.29 is 9.90 Å². The molecule has 1 heterocycles. The minimum atomic E-state index is -0.606. The van der Waals surface area contributed by atoms with Crippen molar-refractivity contribution in [2.24, 2.45) is 11.8 Å². The number of carboxylic acid groups (broad SMARTS) is 1. The van der Waals surface area contributed by atoms with Gasteiger partial charge in [-0.3, -0.25) is 4.79 Å². The molecule has 0 amide bonds. The Hall–Kier alpha value is -0.570. The highest BCUT2D eigenvalue weighted by atomic mass is 16.4. The van der Waals surface area contributed by atoms with E-state index in [9.17, 15) is 4.79 Å². The van der Waals surface area contributed by atoms with Crippen molar-refractivity contribution in [3.63, 3.8) is 0 Å². The highest BCUT2D eigenvalue weighted by molar-refractivity contribution is 5.70. The molecule has 2 aliphatic rings. The topological polar surface area (TPSA) is 40.5 Å². The summed E-state index contributed by atoms with van der Waals surface area (Å²) in [6.07, 6.45) is 10.3. The Kier molecular flexibility index (Phi) is 4.84. The van der Waals surface area contributed by atoms with E-state index >= 15 is 0 Å². The zero-order chi connectivity index (χ0) is 12.1. The van der Waals surface area contributed by atoms with Gasteiger partial charge < -0.3 is 10.0 Å². The van der Waals surface area contributed by atoms with Gasteiger partial charge in [-0.15, -0.1) is 0 Å². The molecule has 1 saturated heterocycles. The van der Waals surface area contributed by atoms with Crippen LogP contribution in [0.4, 0.5) is 0 Å². The SMILES string of the molecule is O=C(O)C1CCCN(CCCC2CCCC2)C1. The van der Waals surface area contributed by atoms with Crippen molar-refractivity contribution >= 4 is 5.97 Å². The van der Waals surface area contributed by atoms with Gasteiger partial charge in [0, 0.05) is 6.54 Å². The van der Waals surface area contributed by atoms with E-state index in [4.69, 9.17) is 5.11 Å². The van der Waals surface area contributed by atoms with Crippen molar-refractivity contribution in [2.45, 2.75) is 51.4 Å². The first kappa shape index (κ1) is 12.9. The van der Waals surface area contributed by atoms with Gasteiger partial charge >= 0.3 is 5.97 Å². The highest BCUT2D eigenvalue weighted by Crippen LogP contribution is 2.28. The third-order valence-corrected chi connectivity index (χ3v) is 4.42. The number of aliphatic carboxylic acids is 1. The predicted octanol–water partition coefficient (Wildman–Crippen LogP) is 2.75. The first-order valence-electron chi connectivity index (χ1n) is 7.21. The number of nitrogens with zero attached hydrogens (tertiary/aromatic N) is 1. The predicted molar refractivity (Wildman–Crippen MR) is 68.0 cm³/mol. The summed E-state index contributed by atoms with van der Waals surface area (Å²) >= 11 is 0. The van der Waals surface area contributed by atoms with E-state index in [0.717, 1.165) is 38.4 Å². The molecule has 0 radical (unpaired) electrons. The van der Waals surface area contributed by atoms with Crippen LogP contribution in [0.2, 0.25) is 0 Å². The molecule has 0 aromatic carbocycles. The quantitative estimate of drug-likeness (QED) is 0.802. The molecule has 1 saturated carbocycles. The van der Waals surface area contributed by atoms with Gasteiger partial charge in [0.25, 0.3) is 0 Å². The molecule has 0 aromatic rings. The number of likely N-dealkylation sites (tertiary alicyclic amines) is 1. The molecule has 1 unspecified atom stereocenters. The van der Waals surface area contributed by atoms with Crippen molar-refractivity contribution in [1.82, 2.24) is 4.90 Å². The number of hydrogen-bond donors (Lipinski definition) is 1. The van der Waals surface area contributed by atoms with Crippen LogP contribution in [0.1, 0.15) is 51.4 Å². The van der Waals surface area contributed by atoms with Crippen molar-refractivity contribution in [3.05, 3.63) is 0 Å². The molecule has 1 aliphatic carbocycles. The highest BCUT2D eigenvalue weighted by Gasteiger charge is 2.25. The summed E-state index contributed by atoms with van der Waals surface area (Å²) in [5.41, 5.74) is 0. The molecule has 3 heteroatoms. The average Bonchev–Trinajstić information content (AvgIpc) is 2.82. The maximum absolute atomic E-state index is 11.0. The second kappa shape index (κ2) is 6.39. The Labute approximate surface area is 104 Å². The summed E-state index contributed by atoms with van der Waals surface area (Å²) in [5, 5.41) is 9.03. The van der Waals surface area contributed by atoms with Crippen LogP contribution < -0.4 is 0 Å². The fourth-order valence-electron chi connectivity index (χ4n) is 3.36. The minimum absolute atomic E-state index is 0.116. The molecule has 0 spiro atoms. The smallest absolute Gasteiger partial charge is 0.307 e. The summed E-state index contributed by atoms with van der Waals surface area (Å²) in [6.45, 7) is 2.99. The molecule has 2 fully saturated rings. The summed E-state index contributed by atoms with van der Waals surface area (Å²) in [5.74, 6) is 0.246. The first-order chi connectivity index (χ1) is 8.25. The molecular weight excluding hydrogens is 214 g/mol. The molecule has 17 heavy (non-hydrogen) atoms. The van der Waals surface area contributed by atoms with Crippen LogP contribution in [0, 0.1) is 11.8 Å². The lowest BCUT2D eigenvalue weighted by atomic mass is 9.97. The van der Waals surface area contributed by atoms with Crippen LogP contribution in [0.25, 0.3) is 0 Å². The lowest BCUT2D eigenvalue weighted by Crippen LogP contribution is -2.39. The molecule has 3 nitrogen and oxygen atoms in total. The second-order valence-electron chi connectivity index (χ2n) is 5.77. The standard InChI is InChI=1S/C14H25NO2/c16-14(17)13-8-4-10-15(11-13)9-3-7-12-5-1-2-6-12/h12-13H,1-11H2,(H,16,17). The van der Waals surface area contributed by atoms with Gasteiger partial charge in [-0.2, -0.15) is 0 Å². The number of hydrogen-bond acceptors (Lipinski definition) is 2. The molecule has 98 valence electrons. The molecule has 1 N–H and O–H groups in total. The fourth-order valence-corrected chi connectivity index (χ4v) is 3.36. The van der Waals surface area contributed by atoms with E-state index in [2.05, 4.69) is 4.90 Å². The molecule has 2 rings (SSSR count). The van der Waals surface area contributed by atoms with Crippen LogP contribution in [0.3, 0.4) is 0 Å². The molecule has 1 atom stereocenters. The fraction of sp³-hybridized carbons (Fsp3) is 0.929. The normalized spacial score (nSPS) is 27.4. The molecule has 0 bridgehead atoms.